The zero-order valence-electron chi connectivity index (χ0n) is 15.7. The maximum atomic E-state index is 14.2. The van der Waals surface area contributed by atoms with Gasteiger partial charge in [-0.3, -0.25) is 4.79 Å². The number of esters is 1. The number of hydrogen-bond donors (Lipinski definition) is 1. The van der Waals surface area contributed by atoms with Crippen LogP contribution in [0.1, 0.15) is 17.3 Å². The third-order valence-electron chi connectivity index (χ3n) is 3.73. The number of halogens is 2. The fraction of sp³-hybridized carbons (Fsp3) is 0.368. The molecule has 0 aliphatic heterocycles. The summed E-state index contributed by atoms with van der Waals surface area (Å²) >= 11 is 2.00. The summed E-state index contributed by atoms with van der Waals surface area (Å²) in [5, 5.41) is 2.82. The largest absolute Gasteiger partial charge is 0.462 e. The Bertz CT molecular complexity index is 872. The van der Waals surface area contributed by atoms with Gasteiger partial charge in [-0.15, -0.1) is 0 Å². The van der Waals surface area contributed by atoms with E-state index in [4.69, 9.17) is 14.2 Å². The summed E-state index contributed by atoms with van der Waals surface area (Å²) in [5.74, 6) is -1.09. The SMILES string of the molecule is CCOC(=O)c1cn(CCOCCOC)c(=O)cc1Nc1ccc(I)cc1F. The summed E-state index contributed by atoms with van der Waals surface area (Å²) in [6, 6.07) is 5.86. The molecule has 0 fully saturated rings. The van der Waals surface area contributed by atoms with Crippen LogP contribution in [-0.4, -0.2) is 44.1 Å². The minimum Gasteiger partial charge on any atom is -0.462 e. The Kier molecular flexibility index (Phi) is 8.87. The molecule has 0 bridgehead atoms. The number of methoxy groups -OCH3 is 1. The Hall–Kier alpha value is -1.98. The molecular weight excluding hydrogens is 482 g/mol. The quantitative estimate of drug-likeness (QED) is 0.304. The second-order valence-electron chi connectivity index (χ2n) is 5.71. The second-order valence-corrected chi connectivity index (χ2v) is 6.95. The normalized spacial score (nSPS) is 10.7. The smallest absolute Gasteiger partial charge is 0.341 e. The molecule has 0 spiro atoms. The minimum absolute atomic E-state index is 0.135. The zero-order chi connectivity index (χ0) is 20.5. The highest BCUT2D eigenvalue weighted by atomic mass is 127. The first kappa shape index (κ1) is 22.3. The number of nitrogens with zero attached hydrogens (tertiary/aromatic N) is 1. The first-order valence-corrected chi connectivity index (χ1v) is 9.74. The van der Waals surface area contributed by atoms with Crippen LogP contribution in [0.3, 0.4) is 0 Å². The van der Waals surface area contributed by atoms with E-state index in [0.29, 0.717) is 13.2 Å². The molecule has 7 nitrogen and oxygen atoms in total. The molecule has 0 aliphatic rings. The van der Waals surface area contributed by atoms with Crippen molar-refractivity contribution in [1.82, 2.24) is 4.57 Å². The first-order valence-electron chi connectivity index (χ1n) is 8.66. The predicted molar refractivity (Wildman–Crippen MR) is 112 cm³/mol. The fourth-order valence-electron chi connectivity index (χ4n) is 2.37. The van der Waals surface area contributed by atoms with Gasteiger partial charge in [0.2, 0.25) is 0 Å². The third-order valence-corrected chi connectivity index (χ3v) is 4.40. The lowest BCUT2D eigenvalue weighted by Gasteiger charge is -2.15. The van der Waals surface area contributed by atoms with E-state index < -0.39 is 11.8 Å². The van der Waals surface area contributed by atoms with Crippen LogP contribution in [0.4, 0.5) is 15.8 Å². The molecule has 152 valence electrons. The number of anilines is 2. The van der Waals surface area contributed by atoms with Crippen molar-refractivity contribution in [3.63, 3.8) is 0 Å². The van der Waals surface area contributed by atoms with E-state index in [1.54, 1.807) is 26.2 Å². The Morgan fingerprint density at radius 3 is 2.68 bits per heavy atom. The highest BCUT2D eigenvalue weighted by Crippen LogP contribution is 2.24. The van der Waals surface area contributed by atoms with E-state index in [9.17, 15) is 14.0 Å². The van der Waals surface area contributed by atoms with Gasteiger partial charge in [0.25, 0.3) is 5.56 Å². The molecule has 0 aliphatic carbocycles. The van der Waals surface area contributed by atoms with Crippen LogP contribution < -0.4 is 10.9 Å². The molecule has 1 aromatic heterocycles. The van der Waals surface area contributed by atoms with Gasteiger partial charge in [0.15, 0.2) is 0 Å². The summed E-state index contributed by atoms with van der Waals surface area (Å²) in [7, 11) is 1.57. The van der Waals surface area contributed by atoms with Crippen LogP contribution in [0.25, 0.3) is 0 Å². The Balaban J connectivity index is 2.29. The van der Waals surface area contributed by atoms with Crippen LogP contribution in [-0.2, 0) is 20.8 Å². The maximum Gasteiger partial charge on any atom is 0.341 e. The molecule has 2 aromatic rings. The van der Waals surface area contributed by atoms with Gasteiger partial charge in [-0.25, -0.2) is 9.18 Å². The van der Waals surface area contributed by atoms with Gasteiger partial charge in [-0.1, -0.05) is 0 Å². The molecule has 28 heavy (non-hydrogen) atoms. The Morgan fingerprint density at radius 1 is 1.21 bits per heavy atom. The molecule has 1 aromatic carbocycles. The van der Waals surface area contributed by atoms with E-state index in [1.165, 1.54) is 22.9 Å². The number of benzene rings is 1. The average Bonchev–Trinajstić information content (AvgIpc) is 2.65. The van der Waals surface area contributed by atoms with Gasteiger partial charge < -0.3 is 24.1 Å². The van der Waals surface area contributed by atoms with E-state index in [2.05, 4.69) is 5.32 Å². The van der Waals surface area contributed by atoms with Crippen molar-refractivity contribution in [3.8, 4) is 0 Å². The number of carbonyl (C=O) groups excluding carboxylic acids is 1. The highest BCUT2D eigenvalue weighted by molar-refractivity contribution is 14.1. The summed E-state index contributed by atoms with van der Waals surface area (Å²) in [6.07, 6.45) is 1.40. The monoisotopic (exact) mass is 504 g/mol. The number of rotatable bonds is 10. The number of pyridine rings is 1. The molecule has 0 saturated heterocycles. The zero-order valence-corrected chi connectivity index (χ0v) is 17.8. The number of nitrogens with one attached hydrogen (secondary N) is 1. The molecule has 0 amide bonds. The molecule has 9 heteroatoms. The maximum absolute atomic E-state index is 14.2. The molecule has 0 radical (unpaired) electrons. The molecule has 0 atom stereocenters. The number of carbonyl (C=O) groups is 1. The van der Waals surface area contributed by atoms with Crippen molar-refractivity contribution in [2.75, 3.05) is 38.9 Å². The van der Waals surface area contributed by atoms with Gasteiger partial charge >= 0.3 is 5.97 Å². The molecule has 0 saturated carbocycles. The lowest BCUT2D eigenvalue weighted by Crippen LogP contribution is -2.25. The van der Waals surface area contributed by atoms with E-state index >= 15 is 0 Å². The molecule has 1 N–H and O–H groups in total. The number of hydrogen-bond acceptors (Lipinski definition) is 6. The Morgan fingerprint density at radius 2 is 2.00 bits per heavy atom. The van der Waals surface area contributed by atoms with Gasteiger partial charge in [-0.2, -0.15) is 0 Å². The van der Waals surface area contributed by atoms with Crippen molar-refractivity contribution in [3.05, 3.63) is 55.8 Å². The van der Waals surface area contributed by atoms with Crippen LogP contribution in [0, 0.1) is 9.39 Å². The summed E-state index contributed by atoms with van der Waals surface area (Å²) in [4.78, 5) is 24.8. The van der Waals surface area contributed by atoms with Crippen molar-refractivity contribution in [1.29, 1.82) is 0 Å². The molecular formula is C19H22FIN2O5. The number of aromatic nitrogens is 1. The van der Waals surface area contributed by atoms with Crippen molar-refractivity contribution < 1.29 is 23.4 Å². The summed E-state index contributed by atoms with van der Waals surface area (Å²) < 4.78 is 31.6. The molecule has 0 unspecified atom stereocenters. The van der Waals surface area contributed by atoms with Gasteiger partial charge in [0.1, 0.15) is 5.82 Å². The van der Waals surface area contributed by atoms with Crippen LogP contribution >= 0.6 is 22.6 Å². The van der Waals surface area contributed by atoms with Crippen molar-refractivity contribution >= 4 is 39.9 Å². The molecule has 2 rings (SSSR count). The Labute approximate surface area is 175 Å². The number of ether oxygens (including phenoxy) is 3. The first-order chi connectivity index (χ1) is 13.5. The summed E-state index contributed by atoms with van der Waals surface area (Å²) in [5.41, 5.74) is 0.124. The van der Waals surface area contributed by atoms with Gasteiger partial charge in [0, 0.05) is 29.5 Å². The standard InChI is InChI=1S/C19H22FIN2O5/c1-3-28-19(25)14-12-23(6-7-27-9-8-26-2)18(24)11-17(14)22-16-5-4-13(21)10-15(16)20/h4-5,10-12,22H,3,6-9H2,1-2H3. The lowest BCUT2D eigenvalue weighted by atomic mass is 10.2. The lowest BCUT2D eigenvalue weighted by molar-refractivity contribution is 0.0524. The van der Waals surface area contributed by atoms with Crippen molar-refractivity contribution in [2.24, 2.45) is 0 Å². The average molecular weight is 504 g/mol. The van der Waals surface area contributed by atoms with E-state index in [1.807, 2.05) is 22.6 Å². The predicted octanol–water partition coefficient (Wildman–Crippen LogP) is 3.18. The van der Waals surface area contributed by atoms with Gasteiger partial charge in [0.05, 0.1) is 43.4 Å². The second kappa shape index (κ2) is 11.1. The minimum atomic E-state index is -0.607. The van der Waals surface area contributed by atoms with E-state index in [-0.39, 0.29) is 42.3 Å². The molecule has 1 heterocycles. The van der Waals surface area contributed by atoms with Crippen LogP contribution in [0.15, 0.2) is 35.3 Å². The third kappa shape index (κ3) is 6.28. The topological polar surface area (TPSA) is 78.8 Å². The van der Waals surface area contributed by atoms with Crippen molar-refractivity contribution in [2.45, 2.75) is 13.5 Å². The summed E-state index contributed by atoms with van der Waals surface area (Å²) in [6.45, 7) is 3.26. The van der Waals surface area contributed by atoms with Crippen LogP contribution in [0.2, 0.25) is 0 Å². The van der Waals surface area contributed by atoms with E-state index in [0.717, 1.165) is 3.57 Å². The fourth-order valence-corrected chi connectivity index (χ4v) is 2.82. The highest BCUT2D eigenvalue weighted by Gasteiger charge is 2.17. The van der Waals surface area contributed by atoms with Crippen LogP contribution in [0.5, 0.6) is 0 Å². The van der Waals surface area contributed by atoms with Gasteiger partial charge in [-0.05, 0) is 47.7 Å².